The van der Waals surface area contributed by atoms with Crippen LogP contribution in [0.25, 0.3) is 22.5 Å². The normalized spacial score (nSPS) is 12.6. The number of benzene rings is 2. The minimum Gasteiger partial charge on any atom is -0.480 e. The van der Waals surface area contributed by atoms with E-state index in [2.05, 4.69) is 20.2 Å². The van der Waals surface area contributed by atoms with Gasteiger partial charge < -0.3 is 19.5 Å². The Balaban J connectivity index is 1.67. The first-order valence-corrected chi connectivity index (χ1v) is 15.7. The van der Waals surface area contributed by atoms with E-state index in [0.717, 1.165) is 23.1 Å². The van der Waals surface area contributed by atoms with Crippen LogP contribution in [0.1, 0.15) is 78.0 Å². The van der Waals surface area contributed by atoms with E-state index in [9.17, 15) is 19.5 Å². The van der Waals surface area contributed by atoms with Gasteiger partial charge in [-0.05, 0) is 60.4 Å². The van der Waals surface area contributed by atoms with Crippen LogP contribution >= 0.6 is 0 Å². The van der Waals surface area contributed by atoms with Crippen LogP contribution in [0.15, 0.2) is 48.5 Å². The van der Waals surface area contributed by atoms with Crippen LogP contribution in [0.2, 0.25) is 0 Å². The largest absolute Gasteiger partial charge is 0.510 e. The van der Waals surface area contributed by atoms with Crippen LogP contribution in [0, 0.1) is 5.92 Å². The summed E-state index contributed by atoms with van der Waals surface area (Å²) >= 11 is 0. The number of aromatic nitrogens is 4. The van der Waals surface area contributed by atoms with Crippen molar-refractivity contribution in [2.75, 3.05) is 13.2 Å². The fourth-order valence-electron chi connectivity index (χ4n) is 4.90. The van der Waals surface area contributed by atoms with Crippen molar-refractivity contribution in [2.45, 2.75) is 85.0 Å². The molecule has 15 nitrogen and oxygen atoms in total. The Morgan fingerprint density at radius 3 is 2.23 bits per heavy atom. The van der Waals surface area contributed by atoms with Gasteiger partial charge in [0, 0.05) is 18.5 Å². The van der Waals surface area contributed by atoms with Gasteiger partial charge >= 0.3 is 12.1 Å². The molecule has 3 rings (SSSR count). The van der Waals surface area contributed by atoms with Crippen molar-refractivity contribution >= 4 is 18.0 Å². The van der Waals surface area contributed by atoms with Crippen LogP contribution < -0.4 is 0 Å². The first-order valence-electron chi connectivity index (χ1n) is 15.7. The number of nitrogens with zero attached hydrogens (tertiary/aromatic N) is 6. The molecule has 2 atom stereocenters. The van der Waals surface area contributed by atoms with Gasteiger partial charge in [0.05, 0.1) is 18.6 Å². The summed E-state index contributed by atoms with van der Waals surface area (Å²) in [5.74, 6) is -1.14. The van der Waals surface area contributed by atoms with Crippen molar-refractivity contribution in [1.82, 2.24) is 30.5 Å². The van der Waals surface area contributed by atoms with Crippen molar-refractivity contribution in [3.8, 4) is 22.5 Å². The Labute approximate surface area is 273 Å². The number of unbranched alkanes of at least 4 members (excludes halogenated alkanes) is 3. The molecule has 0 aliphatic heterocycles. The summed E-state index contributed by atoms with van der Waals surface area (Å²) < 4.78 is 10.3. The highest BCUT2D eigenvalue weighted by atomic mass is 17.1. The molecule has 15 heteroatoms. The average Bonchev–Trinajstić information content (AvgIpc) is 3.53. The lowest BCUT2D eigenvalue weighted by Gasteiger charge is -2.32. The standard InChI is InChI=1S/C32H44N6O9/c1-5-6-14-28(39)36(29(22(2)3)31(40)41)21-24-15-17-25(18-16-24)26-12-8-9-13-27(26)30-33-35-37(34-30)23(4)47-32(42)45-19-10-7-11-20-46-38(43)44/h8-9,12-13,15-18,22-23,29,43-44H,5-7,10-11,14,19-21H2,1-4H3,(H,40,41)/t23?,29-/m0/s1. The Kier molecular flexibility index (Phi) is 14.7. The molecule has 0 saturated heterocycles. The quantitative estimate of drug-likeness (QED) is 0.0835. The number of carbonyl (C=O) groups is 3. The van der Waals surface area contributed by atoms with Gasteiger partial charge in [0.2, 0.25) is 18.0 Å². The smallest absolute Gasteiger partial charge is 0.480 e. The molecule has 0 spiro atoms. The van der Waals surface area contributed by atoms with Crippen molar-refractivity contribution in [3.05, 3.63) is 54.1 Å². The summed E-state index contributed by atoms with van der Waals surface area (Å²) in [4.78, 5) is 44.4. The lowest BCUT2D eigenvalue weighted by atomic mass is 9.97. The lowest BCUT2D eigenvalue weighted by Crippen LogP contribution is -2.47. The highest BCUT2D eigenvalue weighted by Gasteiger charge is 2.32. The predicted octanol–water partition coefficient (Wildman–Crippen LogP) is 5.49. The molecule has 0 bridgehead atoms. The minimum absolute atomic E-state index is 0.108. The van der Waals surface area contributed by atoms with E-state index in [-0.39, 0.29) is 37.0 Å². The number of tetrazole rings is 1. The Bertz CT molecular complexity index is 1430. The molecule has 3 aromatic rings. The van der Waals surface area contributed by atoms with Gasteiger partial charge in [-0.2, -0.15) is 0 Å². The number of carbonyl (C=O) groups excluding carboxylic acids is 2. The highest BCUT2D eigenvalue weighted by molar-refractivity contribution is 5.84. The number of hydrogen-bond donors (Lipinski definition) is 3. The van der Waals surface area contributed by atoms with Crippen molar-refractivity contribution in [2.24, 2.45) is 5.92 Å². The lowest BCUT2D eigenvalue weighted by molar-refractivity contribution is -0.492. The maximum Gasteiger partial charge on any atom is 0.510 e. The van der Waals surface area contributed by atoms with Gasteiger partial charge in [-0.3, -0.25) is 20.0 Å². The van der Waals surface area contributed by atoms with Crippen LogP contribution in [-0.2, 0) is 30.4 Å². The summed E-state index contributed by atoms with van der Waals surface area (Å²) in [5, 5.41) is 39.2. The third kappa shape index (κ3) is 11.4. The van der Waals surface area contributed by atoms with E-state index < -0.39 is 24.4 Å². The van der Waals surface area contributed by atoms with Gasteiger partial charge in [0.25, 0.3) is 0 Å². The zero-order valence-electron chi connectivity index (χ0n) is 27.2. The maximum atomic E-state index is 13.1. The summed E-state index contributed by atoms with van der Waals surface area (Å²) in [6.45, 7) is 7.57. The van der Waals surface area contributed by atoms with E-state index >= 15 is 0 Å². The SMILES string of the molecule is CCCCC(=O)N(Cc1ccc(-c2ccccc2-c2nnn(C(C)OC(=O)OCCCCCON(O)O)n2)cc1)[C@H](C(=O)O)C(C)C. The van der Waals surface area contributed by atoms with Gasteiger partial charge in [-0.25, -0.2) is 9.59 Å². The summed E-state index contributed by atoms with van der Waals surface area (Å²) in [6.07, 6.45) is 1.74. The fourth-order valence-corrected chi connectivity index (χ4v) is 4.90. The van der Waals surface area contributed by atoms with Gasteiger partial charge in [-0.15, -0.1) is 15.0 Å². The van der Waals surface area contributed by atoms with Gasteiger partial charge in [0.15, 0.2) is 0 Å². The number of amides is 1. The second-order valence-corrected chi connectivity index (χ2v) is 11.3. The monoisotopic (exact) mass is 656 g/mol. The molecule has 47 heavy (non-hydrogen) atoms. The molecular formula is C32H44N6O9. The Morgan fingerprint density at radius 1 is 0.915 bits per heavy atom. The third-order valence-corrected chi connectivity index (χ3v) is 7.31. The summed E-state index contributed by atoms with van der Waals surface area (Å²) in [6, 6.07) is 14.1. The topological polar surface area (TPSA) is 190 Å². The predicted molar refractivity (Wildman–Crippen MR) is 167 cm³/mol. The molecule has 0 aliphatic carbocycles. The molecular weight excluding hydrogens is 612 g/mol. The maximum absolute atomic E-state index is 13.1. The molecule has 0 aliphatic rings. The second-order valence-electron chi connectivity index (χ2n) is 11.3. The number of carboxylic acids is 1. The summed E-state index contributed by atoms with van der Waals surface area (Å²) in [5.41, 5.74) is 3.17. The highest BCUT2D eigenvalue weighted by Crippen LogP contribution is 2.30. The molecule has 2 aromatic carbocycles. The zero-order valence-corrected chi connectivity index (χ0v) is 27.2. The molecule has 1 unspecified atom stereocenters. The van der Waals surface area contributed by atoms with E-state index in [1.165, 1.54) is 9.70 Å². The number of aliphatic carboxylic acids is 1. The molecule has 1 heterocycles. The Morgan fingerprint density at radius 2 is 1.60 bits per heavy atom. The van der Waals surface area contributed by atoms with Crippen LogP contribution in [-0.4, -0.2) is 83.3 Å². The number of rotatable bonds is 19. The van der Waals surface area contributed by atoms with Gasteiger partial charge in [0.1, 0.15) is 6.04 Å². The van der Waals surface area contributed by atoms with Crippen LogP contribution in [0.5, 0.6) is 0 Å². The molecule has 3 N–H and O–H groups in total. The van der Waals surface area contributed by atoms with E-state index in [0.29, 0.717) is 43.5 Å². The van der Waals surface area contributed by atoms with Crippen molar-refractivity contribution < 1.29 is 44.2 Å². The third-order valence-electron chi connectivity index (χ3n) is 7.31. The number of carboxylic acid groups (broad SMARTS) is 1. The van der Waals surface area contributed by atoms with Crippen LogP contribution in [0.4, 0.5) is 4.79 Å². The van der Waals surface area contributed by atoms with E-state index in [1.54, 1.807) is 20.8 Å². The molecule has 0 radical (unpaired) electrons. The fraction of sp³-hybridized carbons (Fsp3) is 0.500. The first-order chi connectivity index (χ1) is 22.5. The van der Waals surface area contributed by atoms with Crippen molar-refractivity contribution in [3.63, 3.8) is 0 Å². The average molecular weight is 657 g/mol. The zero-order chi connectivity index (χ0) is 34.3. The molecule has 0 fully saturated rings. The second kappa shape index (κ2) is 18.6. The number of hydrogen-bond acceptors (Lipinski definition) is 12. The van der Waals surface area contributed by atoms with E-state index in [1.807, 2.05) is 55.5 Å². The molecule has 1 amide bonds. The molecule has 0 saturated carbocycles. The molecule has 1 aromatic heterocycles. The number of ether oxygens (including phenoxy) is 2. The van der Waals surface area contributed by atoms with Crippen molar-refractivity contribution in [1.29, 1.82) is 0 Å². The summed E-state index contributed by atoms with van der Waals surface area (Å²) in [7, 11) is 0. The van der Waals surface area contributed by atoms with Gasteiger partial charge in [-0.1, -0.05) is 75.7 Å². The Hall–Kier alpha value is -4.44. The van der Waals surface area contributed by atoms with E-state index in [4.69, 9.17) is 19.9 Å². The van der Waals surface area contributed by atoms with Crippen LogP contribution in [0.3, 0.4) is 0 Å². The minimum atomic E-state index is -1.02. The molecule has 256 valence electrons. The first kappa shape index (κ1) is 37.0.